The number of ether oxygens (including phenoxy) is 2. The molecular formula is C13H17BrN2O2. The zero-order valence-electron chi connectivity index (χ0n) is 10.6. The Labute approximate surface area is 116 Å². The molecule has 1 N–H and O–H groups in total. The van der Waals surface area contributed by atoms with Crippen LogP contribution in [0, 0.1) is 11.3 Å². The van der Waals surface area contributed by atoms with Crippen LogP contribution in [0.1, 0.15) is 19.4 Å². The van der Waals surface area contributed by atoms with Gasteiger partial charge in [0.2, 0.25) is 0 Å². The molecule has 0 heterocycles. The van der Waals surface area contributed by atoms with Crippen LogP contribution in [0.15, 0.2) is 22.7 Å². The molecule has 0 atom stereocenters. The lowest BCUT2D eigenvalue weighted by Crippen LogP contribution is -2.26. The molecule has 0 aliphatic rings. The van der Waals surface area contributed by atoms with Gasteiger partial charge in [0.05, 0.1) is 17.8 Å². The molecule has 0 spiro atoms. The van der Waals surface area contributed by atoms with Crippen molar-refractivity contribution in [2.24, 2.45) is 0 Å². The van der Waals surface area contributed by atoms with Crippen LogP contribution in [0.3, 0.4) is 0 Å². The van der Waals surface area contributed by atoms with Gasteiger partial charge >= 0.3 is 0 Å². The quantitative estimate of drug-likeness (QED) is 0.786. The molecule has 0 aliphatic heterocycles. The van der Waals surface area contributed by atoms with Gasteiger partial charge in [-0.25, -0.2) is 0 Å². The van der Waals surface area contributed by atoms with Crippen LogP contribution >= 0.6 is 15.9 Å². The highest BCUT2D eigenvalue weighted by atomic mass is 79.9. The molecule has 0 bridgehead atoms. The van der Waals surface area contributed by atoms with Gasteiger partial charge in [-0.05, 0) is 32.0 Å². The molecular weight excluding hydrogens is 296 g/mol. The van der Waals surface area contributed by atoms with E-state index in [-0.39, 0.29) is 6.29 Å². The molecule has 1 aromatic carbocycles. The molecule has 98 valence electrons. The second-order valence-corrected chi connectivity index (χ2v) is 4.44. The number of nitrogens with one attached hydrogen (secondary N) is 1. The van der Waals surface area contributed by atoms with Crippen LogP contribution in [0.5, 0.6) is 0 Å². The Morgan fingerprint density at radius 3 is 2.56 bits per heavy atom. The van der Waals surface area contributed by atoms with E-state index in [0.29, 0.717) is 25.3 Å². The van der Waals surface area contributed by atoms with E-state index in [0.717, 1.165) is 10.2 Å². The van der Waals surface area contributed by atoms with Gasteiger partial charge in [0.1, 0.15) is 6.07 Å². The third-order valence-corrected chi connectivity index (χ3v) is 2.76. The van der Waals surface area contributed by atoms with Crippen molar-refractivity contribution in [3.05, 3.63) is 28.2 Å². The Bertz CT molecular complexity index is 412. The molecule has 1 aromatic rings. The van der Waals surface area contributed by atoms with Crippen molar-refractivity contribution in [1.29, 1.82) is 5.26 Å². The maximum Gasteiger partial charge on any atom is 0.174 e. The smallest absolute Gasteiger partial charge is 0.174 e. The minimum Gasteiger partial charge on any atom is -0.379 e. The average Bonchev–Trinajstić information content (AvgIpc) is 2.36. The van der Waals surface area contributed by atoms with Crippen molar-refractivity contribution in [2.45, 2.75) is 20.1 Å². The first kappa shape index (κ1) is 15.0. The lowest BCUT2D eigenvalue weighted by molar-refractivity contribution is -0.126. The number of rotatable bonds is 7. The van der Waals surface area contributed by atoms with Crippen LogP contribution < -0.4 is 5.32 Å². The van der Waals surface area contributed by atoms with E-state index in [1.54, 1.807) is 6.07 Å². The Kier molecular flexibility index (Phi) is 6.73. The molecule has 1 rings (SSSR count). The van der Waals surface area contributed by atoms with Crippen LogP contribution in [0.2, 0.25) is 0 Å². The highest BCUT2D eigenvalue weighted by Gasteiger charge is 2.09. The van der Waals surface area contributed by atoms with Gasteiger partial charge in [0.15, 0.2) is 6.29 Å². The lowest BCUT2D eigenvalue weighted by atomic mass is 10.2. The van der Waals surface area contributed by atoms with Crippen molar-refractivity contribution in [1.82, 2.24) is 0 Å². The Balaban J connectivity index is 2.66. The Morgan fingerprint density at radius 2 is 2.00 bits per heavy atom. The number of hydrogen-bond acceptors (Lipinski definition) is 4. The van der Waals surface area contributed by atoms with E-state index < -0.39 is 0 Å². The molecule has 0 aliphatic carbocycles. The highest BCUT2D eigenvalue weighted by Crippen LogP contribution is 2.20. The summed E-state index contributed by atoms with van der Waals surface area (Å²) in [6, 6.07) is 7.62. The summed E-state index contributed by atoms with van der Waals surface area (Å²) in [5, 5.41) is 12.2. The number of anilines is 1. The lowest BCUT2D eigenvalue weighted by Gasteiger charge is -2.18. The zero-order valence-corrected chi connectivity index (χ0v) is 12.2. The van der Waals surface area contributed by atoms with Crippen LogP contribution in [-0.2, 0) is 9.47 Å². The predicted molar refractivity (Wildman–Crippen MR) is 74.4 cm³/mol. The standard InChI is InChI=1S/C13H17BrN2O2/c1-3-17-13(18-4-2)9-16-12-7-11(14)6-5-10(12)8-15/h5-7,13,16H,3-4,9H2,1-2H3. The fourth-order valence-electron chi connectivity index (χ4n) is 1.49. The van der Waals surface area contributed by atoms with E-state index in [9.17, 15) is 0 Å². The third-order valence-electron chi connectivity index (χ3n) is 2.27. The zero-order chi connectivity index (χ0) is 13.4. The predicted octanol–water partition coefficient (Wildman–Crippen LogP) is 3.13. The van der Waals surface area contributed by atoms with Crippen molar-refractivity contribution in [3.63, 3.8) is 0 Å². The van der Waals surface area contributed by atoms with Gasteiger partial charge < -0.3 is 14.8 Å². The van der Waals surface area contributed by atoms with Gasteiger partial charge in [-0.1, -0.05) is 15.9 Å². The normalized spacial score (nSPS) is 10.4. The van der Waals surface area contributed by atoms with Gasteiger partial charge in [-0.2, -0.15) is 5.26 Å². The van der Waals surface area contributed by atoms with Crippen LogP contribution in [-0.4, -0.2) is 26.0 Å². The van der Waals surface area contributed by atoms with E-state index >= 15 is 0 Å². The molecule has 0 saturated carbocycles. The first-order valence-electron chi connectivity index (χ1n) is 5.88. The fraction of sp³-hybridized carbons (Fsp3) is 0.462. The summed E-state index contributed by atoms with van der Waals surface area (Å²) in [7, 11) is 0. The molecule has 4 nitrogen and oxygen atoms in total. The van der Waals surface area contributed by atoms with Gasteiger partial charge in [-0.3, -0.25) is 0 Å². The van der Waals surface area contributed by atoms with E-state index in [2.05, 4.69) is 27.3 Å². The van der Waals surface area contributed by atoms with Gasteiger partial charge in [-0.15, -0.1) is 0 Å². The maximum atomic E-state index is 9.01. The average molecular weight is 313 g/mol. The maximum absolute atomic E-state index is 9.01. The summed E-state index contributed by atoms with van der Waals surface area (Å²) in [4.78, 5) is 0. The molecule has 0 fully saturated rings. The van der Waals surface area contributed by atoms with Crippen molar-refractivity contribution >= 4 is 21.6 Å². The second kappa shape index (κ2) is 8.09. The Morgan fingerprint density at radius 1 is 1.33 bits per heavy atom. The molecule has 0 unspecified atom stereocenters. The first-order chi connectivity index (χ1) is 8.71. The number of benzene rings is 1. The molecule has 0 radical (unpaired) electrons. The molecule has 0 aromatic heterocycles. The summed E-state index contributed by atoms with van der Waals surface area (Å²) >= 11 is 3.38. The number of hydrogen-bond donors (Lipinski definition) is 1. The summed E-state index contributed by atoms with van der Waals surface area (Å²) in [6.45, 7) is 5.54. The molecule has 0 saturated heterocycles. The minimum atomic E-state index is -0.300. The topological polar surface area (TPSA) is 54.3 Å². The summed E-state index contributed by atoms with van der Waals surface area (Å²) < 4.78 is 11.8. The first-order valence-corrected chi connectivity index (χ1v) is 6.67. The fourth-order valence-corrected chi connectivity index (χ4v) is 1.85. The third kappa shape index (κ3) is 4.65. The number of nitrogens with zero attached hydrogens (tertiary/aromatic N) is 1. The van der Waals surface area contributed by atoms with E-state index in [1.165, 1.54) is 0 Å². The SMILES string of the molecule is CCOC(CNc1cc(Br)ccc1C#N)OCC. The summed E-state index contributed by atoms with van der Waals surface area (Å²) in [5.41, 5.74) is 1.38. The minimum absolute atomic E-state index is 0.300. The van der Waals surface area contributed by atoms with Crippen LogP contribution in [0.25, 0.3) is 0 Å². The number of halogens is 1. The molecule has 0 amide bonds. The largest absolute Gasteiger partial charge is 0.379 e. The molecule has 18 heavy (non-hydrogen) atoms. The van der Waals surface area contributed by atoms with Gasteiger partial charge in [0.25, 0.3) is 0 Å². The van der Waals surface area contributed by atoms with E-state index in [4.69, 9.17) is 14.7 Å². The monoisotopic (exact) mass is 312 g/mol. The van der Waals surface area contributed by atoms with E-state index in [1.807, 2.05) is 26.0 Å². The van der Waals surface area contributed by atoms with Crippen molar-refractivity contribution in [3.8, 4) is 6.07 Å². The van der Waals surface area contributed by atoms with Crippen LogP contribution in [0.4, 0.5) is 5.69 Å². The van der Waals surface area contributed by atoms with Gasteiger partial charge in [0, 0.05) is 17.7 Å². The summed E-state index contributed by atoms with van der Waals surface area (Å²) in [5.74, 6) is 0. The van der Waals surface area contributed by atoms with Crippen molar-refractivity contribution < 1.29 is 9.47 Å². The second-order valence-electron chi connectivity index (χ2n) is 3.52. The highest BCUT2D eigenvalue weighted by molar-refractivity contribution is 9.10. The summed E-state index contributed by atoms with van der Waals surface area (Å²) in [6.07, 6.45) is -0.300. The number of nitriles is 1. The molecule has 5 heteroatoms. The van der Waals surface area contributed by atoms with Crippen molar-refractivity contribution in [2.75, 3.05) is 25.1 Å². The Hall–Kier alpha value is -1.09.